The van der Waals surface area contributed by atoms with Crippen molar-refractivity contribution in [3.63, 3.8) is 0 Å². The number of aromatic nitrogens is 1. The van der Waals surface area contributed by atoms with Gasteiger partial charge in [-0.2, -0.15) is 0 Å². The van der Waals surface area contributed by atoms with E-state index in [1.165, 1.54) is 0 Å². The molecule has 1 aromatic heterocycles. The van der Waals surface area contributed by atoms with Gasteiger partial charge in [-0.05, 0) is 39.3 Å². The van der Waals surface area contributed by atoms with Crippen LogP contribution in [0.5, 0.6) is 0 Å². The second-order valence-corrected chi connectivity index (χ2v) is 7.90. The topological polar surface area (TPSA) is 59.5 Å². The van der Waals surface area contributed by atoms with Crippen LogP contribution in [0.25, 0.3) is 0 Å². The van der Waals surface area contributed by atoms with Gasteiger partial charge in [0.25, 0.3) is 0 Å². The lowest BCUT2D eigenvalue weighted by atomic mass is 10.2. The fraction of sp³-hybridized carbons (Fsp3) is 0.600. The Bertz CT molecular complexity index is 513. The molecule has 0 spiro atoms. The Morgan fingerprint density at radius 3 is 2.86 bits per heavy atom. The summed E-state index contributed by atoms with van der Waals surface area (Å²) < 4.78 is 17.7. The van der Waals surface area contributed by atoms with E-state index >= 15 is 0 Å². The lowest BCUT2D eigenvalue weighted by Crippen LogP contribution is -2.36. The van der Waals surface area contributed by atoms with E-state index in [0.717, 1.165) is 12.1 Å². The van der Waals surface area contributed by atoms with E-state index in [4.69, 9.17) is 4.74 Å². The summed E-state index contributed by atoms with van der Waals surface area (Å²) in [6.45, 7) is 6.63. The molecule has 0 aliphatic carbocycles. The monoisotopic (exact) mass is 310 g/mol. The lowest BCUT2D eigenvalue weighted by Gasteiger charge is -2.24. The number of likely N-dealkylation sites (tertiary alicyclic amines) is 1. The molecule has 1 saturated heterocycles. The summed E-state index contributed by atoms with van der Waals surface area (Å²) in [5, 5.41) is -0.000440. The average molecular weight is 310 g/mol. The third-order valence-corrected chi connectivity index (χ3v) is 4.89. The van der Waals surface area contributed by atoms with Crippen molar-refractivity contribution in [2.24, 2.45) is 0 Å². The van der Waals surface area contributed by atoms with E-state index in [2.05, 4.69) is 4.98 Å². The number of hydrogen-bond donors (Lipinski definition) is 0. The van der Waals surface area contributed by atoms with Gasteiger partial charge in [-0.1, -0.05) is 6.07 Å². The minimum atomic E-state index is -1.02. The molecule has 1 amide bonds. The molecule has 6 heteroatoms. The molecule has 2 atom stereocenters. The van der Waals surface area contributed by atoms with Crippen molar-refractivity contribution in [1.29, 1.82) is 0 Å². The molecule has 21 heavy (non-hydrogen) atoms. The van der Waals surface area contributed by atoms with E-state index < -0.39 is 16.4 Å². The number of ether oxygens (including phenoxy) is 1. The molecule has 0 bridgehead atoms. The van der Waals surface area contributed by atoms with E-state index in [9.17, 15) is 9.00 Å². The maximum absolute atomic E-state index is 12.4. The highest BCUT2D eigenvalue weighted by Gasteiger charge is 2.32. The first-order valence-corrected chi connectivity index (χ1v) is 8.48. The van der Waals surface area contributed by atoms with Crippen LogP contribution < -0.4 is 0 Å². The van der Waals surface area contributed by atoms with Crippen molar-refractivity contribution in [1.82, 2.24) is 9.88 Å². The molecule has 0 saturated carbocycles. The quantitative estimate of drug-likeness (QED) is 0.860. The summed E-state index contributed by atoms with van der Waals surface area (Å²) in [7, 11) is -1.02. The van der Waals surface area contributed by atoms with Gasteiger partial charge in [0, 0.05) is 30.1 Å². The Hall–Kier alpha value is -1.43. The fourth-order valence-electron chi connectivity index (χ4n) is 2.18. The van der Waals surface area contributed by atoms with Gasteiger partial charge in [0.2, 0.25) is 0 Å². The molecule has 1 aliphatic rings. The second kappa shape index (κ2) is 6.56. The molecule has 1 fully saturated rings. The van der Waals surface area contributed by atoms with E-state index in [1.54, 1.807) is 11.1 Å². The summed E-state index contributed by atoms with van der Waals surface area (Å²) in [4.78, 5) is 17.8. The molecule has 1 aliphatic heterocycles. The molecule has 0 aromatic carbocycles. The third kappa shape index (κ3) is 4.81. The van der Waals surface area contributed by atoms with Crippen LogP contribution in [0, 0.1) is 0 Å². The summed E-state index contributed by atoms with van der Waals surface area (Å²) in [5.41, 5.74) is 0.328. The van der Waals surface area contributed by atoms with Gasteiger partial charge in [0.1, 0.15) is 5.60 Å². The number of nitrogens with zero attached hydrogens (tertiary/aromatic N) is 2. The first-order valence-electron chi connectivity index (χ1n) is 7.10. The smallest absolute Gasteiger partial charge is 0.410 e. The lowest BCUT2D eigenvalue weighted by molar-refractivity contribution is 0.0295. The molecule has 2 rings (SSSR count). The van der Waals surface area contributed by atoms with Crippen LogP contribution in [0.2, 0.25) is 0 Å². The van der Waals surface area contributed by atoms with Crippen molar-refractivity contribution in [3.05, 3.63) is 30.1 Å². The Morgan fingerprint density at radius 1 is 1.48 bits per heavy atom. The largest absolute Gasteiger partial charge is 0.444 e. The van der Waals surface area contributed by atoms with Crippen molar-refractivity contribution >= 4 is 16.9 Å². The van der Waals surface area contributed by atoms with Crippen LogP contribution >= 0.6 is 0 Å². The zero-order valence-corrected chi connectivity index (χ0v) is 13.6. The summed E-state index contributed by atoms with van der Waals surface area (Å²) in [6, 6.07) is 5.60. The molecule has 0 radical (unpaired) electrons. The molecule has 0 N–H and O–H groups in total. The third-order valence-electron chi connectivity index (χ3n) is 3.18. The van der Waals surface area contributed by atoms with E-state index in [-0.39, 0.29) is 11.3 Å². The minimum Gasteiger partial charge on any atom is -0.444 e. The highest BCUT2D eigenvalue weighted by Crippen LogP contribution is 2.20. The SMILES string of the molecule is CC(C)(C)OC(=O)N1CC[C@H](S(=O)Cc2ccccn2)C1. The predicted octanol–water partition coefficient (Wildman–Crippen LogP) is 2.34. The molecule has 1 unspecified atom stereocenters. The summed E-state index contributed by atoms with van der Waals surface area (Å²) in [5.74, 6) is 0.438. The zero-order valence-electron chi connectivity index (χ0n) is 12.7. The van der Waals surface area contributed by atoms with Crippen LogP contribution in [-0.4, -0.2) is 44.1 Å². The normalized spacial score (nSPS) is 20.3. The van der Waals surface area contributed by atoms with E-state index in [1.807, 2.05) is 39.0 Å². The van der Waals surface area contributed by atoms with Gasteiger partial charge in [-0.25, -0.2) is 4.79 Å². The summed E-state index contributed by atoms with van der Waals surface area (Å²) >= 11 is 0. The second-order valence-electron chi connectivity index (χ2n) is 6.18. The molecule has 5 nitrogen and oxygen atoms in total. The van der Waals surface area contributed by atoms with E-state index in [0.29, 0.717) is 18.8 Å². The number of amides is 1. The molecular weight excluding hydrogens is 288 g/mol. The van der Waals surface area contributed by atoms with Crippen LogP contribution in [0.3, 0.4) is 0 Å². The predicted molar refractivity (Wildman–Crippen MR) is 82.3 cm³/mol. The number of pyridine rings is 1. The van der Waals surface area contributed by atoms with Crippen molar-refractivity contribution in [2.45, 2.75) is 43.8 Å². The van der Waals surface area contributed by atoms with Crippen LogP contribution in [0.1, 0.15) is 32.9 Å². The van der Waals surface area contributed by atoms with Crippen LogP contribution in [0.4, 0.5) is 4.79 Å². The highest BCUT2D eigenvalue weighted by molar-refractivity contribution is 7.84. The van der Waals surface area contributed by atoms with Gasteiger partial charge in [0.05, 0.1) is 16.7 Å². The van der Waals surface area contributed by atoms with Gasteiger partial charge in [0.15, 0.2) is 0 Å². The fourth-order valence-corrected chi connectivity index (χ4v) is 3.59. The van der Waals surface area contributed by atoms with Crippen LogP contribution in [0.15, 0.2) is 24.4 Å². The van der Waals surface area contributed by atoms with Gasteiger partial charge >= 0.3 is 6.09 Å². The molecule has 2 heterocycles. The Morgan fingerprint density at radius 2 is 2.24 bits per heavy atom. The number of carbonyl (C=O) groups excluding carboxylic acids is 1. The summed E-state index contributed by atoms with van der Waals surface area (Å²) in [6.07, 6.45) is 2.13. The maximum atomic E-state index is 12.4. The molecule has 1 aromatic rings. The van der Waals surface area contributed by atoms with Gasteiger partial charge in [-0.3, -0.25) is 9.19 Å². The van der Waals surface area contributed by atoms with Crippen LogP contribution in [-0.2, 0) is 21.3 Å². The minimum absolute atomic E-state index is 0.000440. The number of hydrogen-bond acceptors (Lipinski definition) is 4. The Kier molecular flexibility index (Phi) is 4.98. The zero-order chi connectivity index (χ0) is 15.5. The average Bonchev–Trinajstić information content (AvgIpc) is 2.87. The molecule has 116 valence electrons. The Labute approximate surface area is 128 Å². The highest BCUT2D eigenvalue weighted by atomic mass is 32.2. The van der Waals surface area contributed by atoms with Gasteiger partial charge in [-0.15, -0.1) is 0 Å². The van der Waals surface area contributed by atoms with Crippen molar-refractivity contribution < 1.29 is 13.7 Å². The number of carbonyl (C=O) groups is 1. The first kappa shape index (κ1) is 15.9. The van der Waals surface area contributed by atoms with Crippen molar-refractivity contribution in [3.8, 4) is 0 Å². The standard InChI is InChI=1S/C15H22N2O3S/c1-15(2,3)20-14(18)17-9-7-13(10-17)21(19)11-12-6-4-5-8-16-12/h4-6,8,13H,7,9-11H2,1-3H3/t13-,21?/m0/s1. The molecular formula is C15H22N2O3S. The Balaban J connectivity index is 1.87. The first-order chi connectivity index (χ1) is 9.85. The van der Waals surface area contributed by atoms with Gasteiger partial charge < -0.3 is 9.64 Å². The number of rotatable bonds is 3. The maximum Gasteiger partial charge on any atom is 0.410 e. The van der Waals surface area contributed by atoms with Crippen molar-refractivity contribution in [2.75, 3.05) is 13.1 Å².